The van der Waals surface area contributed by atoms with Crippen LogP contribution in [0, 0.1) is 0 Å². The number of rotatable bonds is 7. The zero-order valence-electron chi connectivity index (χ0n) is 16.0. The lowest BCUT2D eigenvalue weighted by Crippen LogP contribution is -2.36. The van der Waals surface area contributed by atoms with Gasteiger partial charge in [0.1, 0.15) is 11.6 Å². The standard InChI is InChI=1S/C21H27N3O3/c1-3-16(2)18-6-4-5-7-19(18)27-15-21(25)23-20-9-8-17(14-22-20)24-10-12-26-13-11-24/h4-9,14,16H,3,10-13,15H2,1-2H3,(H,22,23,25). The summed E-state index contributed by atoms with van der Waals surface area (Å²) in [5.41, 5.74) is 2.16. The summed E-state index contributed by atoms with van der Waals surface area (Å²) >= 11 is 0. The van der Waals surface area contributed by atoms with Crippen molar-refractivity contribution in [1.82, 2.24) is 4.98 Å². The van der Waals surface area contributed by atoms with Crippen molar-refractivity contribution in [3.05, 3.63) is 48.2 Å². The van der Waals surface area contributed by atoms with Gasteiger partial charge < -0.3 is 19.7 Å². The number of hydrogen-bond acceptors (Lipinski definition) is 5. The van der Waals surface area contributed by atoms with E-state index in [0.717, 1.165) is 49.7 Å². The predicted molar refractivity (Wildman–Crippen MR) is 107 cm³/mol. The minimum atomic E-state index is -0.222. The molecule has 1 unspecified atom stereocenters. The smallest absolute Gasteiger partial charge is 0.263 e. The molecule has 27 heavy (non-hydrogen) atoms. The third-order valence-electron chi connectivity index (χ3n) is 4.81. The Bertz CT molecular complexity index is 743. The van der Waals surface area contributed by atoms with Crippen LogP contribution in [0.4, 0.5) is 11.5 Å². The number of carbonyl (C=O) groups is 1. The summed E-state index contributed by atoms with van der Waals surface area (Å²) in [5, 5.41) is 2.79. The zero-order valence-corrected chi connectivity index (χ0v) is 16.0. The number of aromatic nitrogens is 1. The molecule has 1 amide bonds. The van der Waals surface area contributed by atoms with Gasteiger partial charge in [0.05, 0.1) is 25.1 Å². The Labute approximate surface area is 160 Å². The van der Waals surface area contributed by atoms with Gasteiger partial charge >= 0.3 is 0 Å². The normalized spacial score (nSPS) is 15.3. The Kier molecular flexibility index (Phi) is 6.65. The van der Waals surface area contributed by atoms with Gasteiger partial charge in [0.15, 0.2) is 6.61 Å². The first-order chi connectivity index (χ1) is 13.2. The molecule has 6 nitrogen and oxygen atoms in total. The summed E-state index contributed by atoms with van der Waals surface area (Å²) < 4.78 is 11.1. The van der Waals surface area contributed by atoms with Gasteiger partial charge in [-0.1, -0.05) is 32.0 Å². The summed E-state index contributed by atoms with van der Waals surface area (Å²) in [6.07, 6.45) is 2.80. The van der Waals surface area contributed by atoms with Gasteiger partial charge in [0, 0.05) is 13.1 Å². The minimum absolute atomic E-state index is 0.0413. The van der Waals surface area contributed by atoms with E-state index in [9.17, 15) is 4.79 Å². The first kappa shape index (κ1) is 19.2. The Morgan fingerprint density at radius 2 is 2.04 bits per heavy atom. The van der Waals surface area contributed by atoms with Crippen LogP contribution in [0.2, 0.25) is 0 Å². The van der Waals surface area contributed by atoms with Crippen LogP contribution in [-0.4, -0.2) is 43.8 Å². The van der Waals surface area contributed by atoms with Crippen LogP contribution in [0.25, 0.3) is 0 Å². The van der Waals surface area contributed by atoms with Crippen LogP contribution in [0.3, 0.4) is 0 Å². The van der Waals surface area contributed by atoms with E-state index in [0.29, 0.717) is 11.7 Å². The number of hydrogen-bond donors (Lipinski definition) is 1. The Hall–Kier alpha value is -2.60. The maximum Gasteiger partial charge on any atom is 0.263 e. The van der Waals surface area contributed by atoms with Crippen molar-refractivity contribution in [2.45, 2.75) is 26.2 Å². The molecule has 0 aliphatic carbocycles. The fourth-order valence-corrected chi connectivity index (χ4v) is 3.03. The number of nitrogens with zero attached hydrogens (tertiary/aromatic N) is 2. The maximum absolute atomic E-state index is 12.2. The SMILES string of the molecule is CCC(C)c1ccccc1OCC(=O)Nc1ccc(N2CCOCC2)cn1. The lowest BCUT2D eigenvalue weighted by Gasteiger charge is -2.28. The molecule has 1 aromatic carbocycles. The van der Waals surface area contributed by atoms with Crippen LogP contribution in [0.15, 0.2) is 42.6 Å². The topological polar surface area (TPSA) is 63.7 Å². The van der Waals surface area contributed by atoms with Gasteiger partial charge in [0.2, 0.25) is 0 Å². The first-order valence-electron chi connectivity index (χ1n) is 9.47. The van der Waals surface area contributed by atoms with Crippen LogP contribution < -0.4 is 15.0 Å². The van der Waals surface area contributed by atoms with E-state index in [2.05, 4.69) is 29.0 Å². The van der Waals surface area contributed by atoms with Gasteiger partial charge in [0.25, 0.3) is 5.91 Å². The van der Waals surface area contributed by atoms with Crippen LogP contribution in [-0.2, 0) is 9.53 Å². The van der Waals surface area contributed by atoms with Crippen molar-refractivity contribution in [2.24, 2.45) is 0 Å². The largest absolute Gasteiger partial charge is 0.483 e. The Morgan fingerprint density at radius 1 is 1.26 bits per heavy atom. The maximum atomic E-state index is 12.2. The van der Waals surface area contributed by atoms with Crippen LogP contribution in [0.5, 0.6) is 5.75 Å². The van der Waals surface area contributed by atoms with E-state index >= 15 is 0 Å². The number of amides is 1. The number of pyridine rings is 1. The second-order valence-corrected chi connectivity index (χ2v) is 6.69. The average molecular weight is 369 g/mol. The minimum Gasteiger partial charge on any atom is -0.483 e. The van der Waals surface area contributed by atoms with Gasteiger partial charge in [-0.3, -0.25) is 4.79 Å². The lowest BCUT2D eigenvalue weighted by atomic mass is 9.98. The number of para-hydroxylation sites is 1. The summed E-state index contributed by atoms with van der Waals surface area (Å²) in [6.45, 7) is 7.43. The van der Waals surface area contributed by atoms with E-state index < -0.39 is 0 Å². The molecule has 3 rings (SSSR count). The van der Waals surface area contributed by atoms with Crippen molar-refractivity contribution in [3.8, 4) is 5.75 Å². The highest BCUT2D eigenvalue weighted by Gasteiger charge is 2.13. The molecule has 0 saturated carbocycles. The van der Waals surface area contributed by atoms with Crippen molar-refractivity contribution < 1.29 is 14.3 Å². The van der Waals surface area contributed by atoms with Crippen molar-refractivity contribution >= 4 is 17.4 Å². The second kappa shape index (κ2) is 9.37. The van der Waals surface area contributed by atoms with Gasteiger partial charge in [-0.05, 0) is 36.1 Å². The fourth-order valence-electron chi connectivity index (χ4n) is 3.03. The molecule has 1 saturated heterocycles. The molecule has 1 N–H and O–H groups in total. The van der Waals surface area contributed by atoms with Crippen LogP contribution in [0.1, 0.15) is 31.7 Å². The fraction of sp³-hybridized carbons (Fsp3) is 0.429. The van der Waals surface area contributed by atoms with E-state index in [1.165, 1.54) is 0 Å². The van der Waals surface area contributed by atoms with Crippen molar-refractivity contribution in [3.63, 3.8) is 0 Å². The molecule has 1 aliphatic heterocycles. The highest BCUT2D eigenvalue weighted by atomic mass is 16.5. The number of nitrogens with one attached hydrogen (secondary N) is 1. The molecular weight excluding hydrogens is 342 g/mol. The number of ether oxygens (including phenoxy) is 2. The lowest BCUT2D eigenvalue weighted by molar-refractivity contribution is -0.118. The van der Waals surface area contributed by atoms with E-state index in [1.807, 2.05) is 36.4 Å². The molecule has 2 heterocycles. The summed E-state index contributed by atoms with van der Waals surface area (Å²) in [4.78, 5) is 18.8. The highest BCUT2D eigenvalue weighted by Crippen LogP contribution is 2.28. The summed E-state index contributed by atoms with van der Waals surface area (Å²) in [7, 11) is 0. The van der Waals surface area contributed by atoms with E-state index in [4.69, 9.17) is 9.47 Å². The monoisotopic (exact) mass is 369 g/mol. The average Bonchev–Trinajstić information content (AvgIpc) is 2.73. The second-order valence-electron chi connectivity index (χ2n) is 6.69. The number of anilines is 2. The van der Waals surface area contributed by atoms with Gasteiger partial charge in [-0.2, -0.15) is 0 Å². The van der Waals surface area contributed by atoms with Crippen LogP contribution >= 0.6 is 0 Å². The zero-order chi connectivity index (χ0) is 19.1. The molecule has 0 bridgehead atoms. The quantitative estimate of drug-likeness (QED) is 0.810. The molecule has 6 heteroatoms. The molecule has 2 aromatic rings. The molecule has 1 atom stereocenters. The van der Waals surface area contributed by atoms with Gasteiger partial charge in [-0.25, -0.2) is 4.98 Å². The number of carbonyl (C=O) groups excluding carboxylic acids is 1. The molecule has 0 radical (unpaired) electrons. The molecule has 144 valence electrons. The van der Waals surface area contributed by atoms with Crippen molar-refractivity contribution in [2.75, 3.05) is 43.1 Å². The third kappa shape index (κ3) is 5.20. The first-order valence-corrected chi connectivity index (χ1v) is 9.47. The van der Waals surface area contributed by atoms with Gasteiger partial charge in [-0.15, -0.1) is 0 Å². The summed E-state index contributed by atoms with van der Waals surface area (Å²) in [6, 6.07) is 11.7. The van der Waals surface area contributed by atoms with E-state index in [1.54, 1.807) is 6.20 Å². The predicted octanol–water partition coefficient (Wildman–Crippen LogP) is 3.45. The Balaban J connectivity index is 1.54. The number of benzene rings is 1. The van der Waals surface area contributed by atoms with E-state index in [-0.39, 0.29) is 12.5 Å². The number of morpholine rings is 1. The Morgan fingerprint density at radius 3 is 2.74 bits per heavy atom. The molecule has 1 aromatic heterocycles. The van der Waals surface area contributed by atoms with Crippen molar-refractivity contribution in [1.29, 1.82) is 0 Å². The molecule has 1 fully saturated rings. The third-order valence-corrected chi connectivity index (χ3v) is 4.81. The summed E-state index contributed by atoms with van der Waals surface area (Å²) in [5.74, 6) is 1.45. The molecular formula is C21H27N3O3. The molecule has 1 aliphatic rings. The highest BCUT2D eigenvalue weighted by molar-refractivity contribution is 5.91. The molecule has 0 spiro atoms.